The van der Waals surface area contributed by atoms with Crippen molar-refractivity contribution < 1.29 is 9.90 Å². The molecule has 0 saturated carbocycles. The van der Waals surface area contributed by atoms with Crippen LogP contribution in [0.5, 0.6) is 0 Å². The van der Waals surface area contributed by atoms with E-state index in [0.29, 0.717) is 5.57 Å². The van der Waals surface area contributed by atoms with Gasteiger partial charge in [0.05, 0.1) is 7.00 Å². The molecule has 12 heavy (non-hydrogen) atoms. The number of aliphatic carboxylic acids is 1. The van der Waals surface area contributed by atoms with Gasteiger partial charge in [0.25, 0.3) is 0 Å². The minimum Gasteiger partial charge on any atom is -0.478 e. The molecule has 1 N–H and O–H groups in total. The van der Waals surface area contributed by atoms with E-state index < -0.39 is 5.97 Å². The molecule has 0 saturated heterocycles. The molecule has 0 spiro atoms. The van der Waals surface area contributed by atoms with Crippen LogP contribution in [0.2, 0.25) is 0 Å². The van der Waals surface area contributed by atoms with Gasteiger partial charge in [-0.2, -0.15) is 0 Å². The van der Waals surface area contributed by atoms with Gasteiger partial charge in [-0.25, -0.2) is 4.79 Å². The van der Waals surface area contributed by atoms with Crippen molar-refractivity contribution in [3.63, 3.8) is 0 Å². The number of halogens is 3. The van der Waals surface area contributed by atoms with E-state index >= 15 is 0 Å². The topological polar surface area (TPSA) is 37.3 Å². The molecule has 0 aromatic heterocycles. The molecule has 0 aromatic rings. The molecule has 0 atom stereocenters. The molecule has 66 valence electrons. The molecule has 0 amide bonds. The number of carboxylic acids is 1. The number of rotatable bonds is 1. The Hall–Kier alpha value is 1.14. The normalized spacial score (nSPS) is 21.2. The number of hydrogen-bond acceptors (Lipinski definition) is 1. The lowest BCUT2D eigenvalue weighted by molar-refractivity contribution is -0.132. The fourth-order valence-electron chi connectivity index (χ4n) is 0.839. The van der Waals surface area contributed by atoms with E-state index in [4.69, 9.17) is 5.11 Å². The highest BCUT2D eigenvalue weighted by molar-refractivity contribution is 14.2. The van der Waals surface area contributed by atoms with E-state index in [1.165, 1.54) is 0 Å². The maximum absolute atomic E-state index is 10.7. The zero-order chi connectivity index (χ0) is 9.35. The zero-order valence-electron chi connectivity index (χ0n) is 5.85. The third-order valence-electron chi connectivity index (χ3n) is 1.40. The second-order valence-corrected chi connectivity index (χ2v) is 9.46. The van der Waals surface area contributed by atoms with Gasteiger partial charge < -0.3 is 5.11 Å². The molecule has 0 fully saturated rings. The largest absolute Gasteiger partial charge is 0.478 e. The van der Waals surface area contributed by atoms with E-state index in [9.17, 15) is 4.79 Å². The summed E-state index contributed by atoms with van der Waals surface area (Å²) in [5, 5.41) is 8.82. The second kappa shape index (κ2) is 4.11. The third-order valence-corrected chi connectivity index (χ3v) is 3.92. The fourth-order valence-corrected chi connectivity index (χ4v) is 2.51. The molecule has 0 bridgehead atoms. The minimum atomic E-state index is -0.840. The Balaban J connectivity index is 3.02. The molecule has 0 unspecified atom stereocenters. The zero-order valence-corrected chi connectivity index (χ0v) is 12.3. The first-order valence-corrected chi connectivity index (χ1v) is 6.36. The van der Waals surface area contributed by atoms with Gasteiger partial charge in [-0.1, -0.05) is 51.3 Å². The summed E-state index contributed by atoms with van der Waals surface area (Å²) in [6.07, 6.45) is 4.66. The minimum absolute atomic E-state index is 0.0715. The van der Waals surface area contributed by atoms with Gasteiger partial charge in [0, 0.05) is 3.58 Å². The molecule has 1 rings (SSSR count). The highest BCUT2D eigenvalue weighted by Crippen LogP contribution is 2.40. The van der Waals surface area contributed by atoms with Crippen LogP contribution < -0.4 is 0 Å². The third kappa shape index (κ3) is 2.82. The number of carboxylic acid groups (broad SMARTS) is 1. The van der Waals surface area contributed by atoms with Gasteiger partial charge in [0.2, 0.25) is 0 Å². The Labute approximate surface area is 111 Å². The Kier molecular flexibility index (Phi) is 3.84. The Bertz CT molecular complexity index is 278. The van der Waals surface area contributed by atoms with Crippen molar-refractivity contribution in [1.29, 1.82) is 0 Å². The van der Waals surface area contributed by atoms with E-state index in [1.807, 2.05) is 6.08 Å². The SMILES string of the molecule is O=C(O)C1=CC(I)(I)CC=C1I. The highest BCUT2D eigenvalue weighted by Gasteiger charge is 2.26. The smallest absolute Gasteiger partial charge is 0.336 e. The standard InChI is InChI=1S/C7H5I3O2/c8-5-1-2-7(9,10)3-4(5)6(11)12/h1,3H,2H2,(H,11,12). The molecule has 0 aromatic carbocycles. The summed E-state index contributed by atoms with van der Waals surface area (Å²) in [5.41, 5.74) is 0.422. The molecule has 5 heteroatoms. The lowest BCUT2D eigenvalue weighted by atomic mass is 10.1. The summed E-state index contributed by atoms with van der Waals surface area (Å²) >= 11 is 6.55. The average molecular weight is 502 g/mol. The summed E-state index contributed by atoms with van der Waals surface area (Å²) < 4.78 is 0.766. The number of allylic oxidation sites excluding steroid dienone is 2. The molecule has 0 aliphatic heterocycles. The predicted octanol–water partition coefficient (Wildman–Crippen LogP) is 3.29. The van der Waals surface area contributed by atoms with Crippen molar-refractivity contribution in [2.75, 3.05) is 0 Å². The van der Waals surface area contributed by atoms with Crippen LogP contribution in [0, 0.1) is 0 Å². The first-order valence-electron chi connectivity index (χ1n) is 3.12. The van der Waals surface area contributed by atoms with Crippen molar-refractivity contribution in [3.05, 3.63) is 21.3 Å². The molecule has 1 aliphatic rings. The summed E-state index contributed by atoms with van der Waals surface area (Å²) in [4.78, 5) is 10.7. The van der Waals surface area contributed by atoms with Crippen LogP contribution in [0.1, 0.15) is 6.42 Å². The molecule has 1 aliphatic carbocycles. The van der Waals surface area contributed by atoms with Crippen molar-refractivity contribution in [1.82, 2.24) is 0 Å². The molecule has 0 radical (unpaired) electrons. The van der Waals surface area contributed by atoms with E-state index in [0.717, 1.165) is 10.0 Å². The van der Waals surface area contributed by atoms with Crippen LogP contribution in [0.3, 0.4) is 0 Å². The number of alkyl halides is 2. The summed E-state index contributed by atoms with van der Waals surface area (Å²) in [5.74, 6) is -0.840. The van der Waals surface area contributed by atoms with Gasteiger partial charge in [-0.3, -0.25) is 0 Å². The average Bonchev–Trinajstić information content (AvgIpc) is 1.94. The second-order valence-electron chi connectivity index (χ2n) is 2.38. The summed E-state index contributed by atoms with van der Waals surface area (Å²) in [7, 11) is 0. The monoisotopic (exact) mass is 502 g/mol. The Morgan fingerprint density at radius 3 is 2.58 bits per heavy atom. The van der Waals surface area contributed by atoms with E-state index in [2.05, 4.69) is 67.8 Å². The first kappa shape index (κ1) is 11.2. The van der Waals surface area contributed by atoms with Crippen LogP contribution >= 0.6 is 67.8 Å². The maximum atomic E-state index is 10.7. The number of hydrogen-bond donors (Lipinski definition) is 1. The van der Waals surface area contributed by atoms with Crippen molar-refractivity contribution >= 4 is 73.7 Å². The maximum Gasteiger partial charge on any atom is 0.336 e. The van der Waals surface area contributed by atoms with Gasteiger partial charge in [-0.15, -0.1) is 0 Å². The summed E-state index contributed by atoms with van der Waals surface area (Å²) in [6.45, 7) is 0. The van der Waals surface area contributed by atoms with Gasteiger partial charge in [-0.05, 0) is 35.1 Å². The Morgan fingerprint density at radius 1 is 1.58 bits per heavy atom. The highest BCUT2D eigenvalue weighted by atomic mass is 127. The van der Waals surface area contributed by atoms with E-state index in [1.54, 1.807) is 6.08 Å². The molecular weight excluding hydrogens is 497 g/mol. The Morgan fingerprint density at radius 2 is 2.17 bits per heavy atom. The summed E-state index contributed by atoms with van der Waals surface area (Å²) in [6, 6.07) is 0. The first-order chi connectivity index (χ1) is 5.42. The molecule has 0 heterocycles. The van der Waals surface area contributed by atoms with Crippen molar-refractivity contribution in [3.8, 4) is 0 Å². The number of carbonyl (C=O) groups is 1. The lowest BCUT2D eigenvalue weighted by Crippen LogP contribution is -2.14. The van der Waals surface area contributed by atoms with Crippen molar-refractivity contribution in [2.45, 2.75) is 7.85 Å². The van der Waals surface area contributed by atoms with Crippen LogP contribution in [0.4, 0.5) is 0 Å². The van der Waals surface area contributed by atoms with E-state index in [-0.39, 0.29) is 1.43 Å². The van der Waals surface area contributed by atoms with Gasteiger partial charge in [0.15, 0.2) is 0 Å². The predicted molar refractivity (Wildman–Crippen MR) is 73.2 cm³/mol. The van der Waals surface area contributed by atoms with Gasteiger partial charge in [0.1, 0.15) is 0 Å². The van der Waals surface area contributed by atoms with Crippen LogP contribution in [0.15, 0.2) is 21.3 Å². The quantitative estimate of drug-likeness (QED) is 0.442. The molecule has 2 nitrogen and oxygen atoms in total. The lowest BCUT2D eigenvalue weighted by Gasteiger charge is -2.19. The van der Waals surface area contributed by atoms with Gasteiger partial charge >= 0.3 is 5.97 Å². The molecular formula is C7H5I3O2. The van der Waals surface area contributed by atoms with Crippen LogP contribution in [0.25, 0.3) is 0 Å². The fraction of sp³-hybridized carbons (Fsp3) is 0.286. The van der Waals surface area contributed by atoms with Crippen LogP contribution in [-0.2, 0) is 4.79 Å². The van der Waals surface area contributed by atoms with Crippen LogP contribution in [-0.4, -0.2) is 12.5 Å². The van der Waals surface area contributed by atoms with Crippen molar-refractivity contribution in [2.24, 2.45) is 0 Å².